The predicted molar refractivity (Wildman–Crippen MR) is 66.0 cm³/mol. The van der Waals surface area contributed by atoms with Crippen molar-refractivity contribution < 1.29 is 0 Å². The quantitative estimate of drug-likeness (QED) is 0.756. The van der Waals surface area contributed by atoms with Gasteiger partial charge in [0.15, 0.2) is 0 Å². The number of rotatable bonds is 4. The Morgan fingerprint density at radius 2 is 2.13 bits per heavy atom. The Morgan fingerprint density at radius 1 is 1.47 bits per heavy atom. The Bertz CT molecular complexity index is 191. The molecule has 1 heterocycles. The summed E-state index contributed by atoms with van der Waals surface area (Å²) in [4.78, 5) is 4.92. The molecule has 0 spiro atoms. The van der Waals surface area contributed by atoms with Gasteiger partial charge in [0.05, 0.1) is 0 Å². The van der Waals surface area contributed by atoms with Crippen LogP contribution >= 0.6 is 0 Å². The van der Waals surface area contributed by atoms with E-state index < -0.39 is 0 Å². The second kappa shape index (κ2) is 5.28. The van der Waals surface area contributed by atoms with E-state index in [-0.39, 0.29) is 5.41 Å². The topological polar surface area (TPSA) is 32.5 Å². The molecule has 3 nitrogen and oxygen atoms in total. The van der Waals surface area contributed by atoms with Crippen molar-refractivity contribution >= 4 is 0 Å². The first-order valence-corrected chi connectivity index (χ1v) is 6.03. The number of piperidine rings is 1. The van der Waals surface area contributed by atoms with Crippen LogP contribution in [0.2, 0.25) is 0 Å². The van der Waals surface area contributed by atoms with Crippen molar-refractivity contribution in [2.75, 3.05) is 40.3 Å². The van der Waals surface area contributed by atoms with E-state index in [1.165, 1.54) is 25.9 Å². The van der Waals surface area contributed by atoms with E-state index in [1.54, 1.807) is 0 Å². The number of likely N-dealkylation sites (N-methyl/N-ethyl adjacent to an activating group) is 2. The van der Waals surface area contributed by atoms with Crippen LogP contribution in [0.4, 0.5) is 0 Å². The maximum Gasteiger partial charge on any atom is 0.0220 e. The number of likely N-dealkylation sites (tertiary alicyclic amines) is 1. The minimum atomic E-state index is 0.241. The highest BCUT2D eigenvalue weighted by Gasteiger charge is 2.25. The van der Waals surface area contributed by atoms with Crippen molar-refractivity contribution in [3.8, 4) is 0 Å². The van der Waals surface area contributed by atoms with Crippen LogP contribution in [0.1, 0.15) is 26.7 Å². The van der Waals surface area contributed by atoms with E-state index in [0.717, 1.165) is 19.1 Å². The molecule has 0 radical (unpaired) electrons. The van der Waals surface area contributed by atoms with Gasteiger partial charge in [-0.1, -0.05) is 13.8 Å². The van der Waals surface area contributed by atoms with Crippen molar-refractivity contribution in [1.82, 2.24) is 9.80 Å². The lowest BCUT2D eigenvalue weighted by atomic mass is 9.92. The molecule has 0 aromatic carbocycles. The van der Waals surface area contributed by atoms with Crippen LogP contribution in [0, 0.1) is 5.41 Å². The average molecular weight is 213 g/mol. The SMILES string of the molecule is CN1CCCC(N(C)CC(C)(C)CN)C1. The van der Waals surface area contributed by atoms with Crippen molar-refractivity contribution in [3.63, 3.8) is 0 Å². The van der Waals surface area contributed by atoms with E-state index in [4.69, 9.17) is 5.73 Å². The van der Waals surface area contributed by atoms with Crippen molar-refractivity contribution in [2.45, 2.75) is 32.7 Å². The Morgan fingerprint density at radius 3 is 2.67 bits per heavy atom. The molecular formula is C12H27N3. The smallest absolute Gasteiger partial charge is 0.0220 e. The minimum Gasteiger partial charge on any atom is -0.330 e. The molecule has 3 heteroatoms. The molecule has 1 aliphatic heterocycles. The fraction of sp³-hybridized carbons (Fsp3) is 1.00. The fourth-order valence-corrected chi connectivity index (χ4v) is 2.37. The first-order chi connectivity index (χ1) is 6.94. The molecule has 0 bridgehead atoms. The standard InChI is InChI=1S/C12H27N3/c1-12(2,9-13)10-15(4)11-6-5-7-14(3)8-11/h11H,5-10,13H2,1-4H3. The lowest BCUT2D eigenvalue weighted by molar-refractivity contribution is 0.102. The molecule has 1 saturated heterocycles. The molecule has 1 fully saturated rings. The fourth-order valence-electron chi connectivity index (χ4n) is 2.37. The molecule has 1 rings (SSSR count). The molecule has 1 aliphatic rings. The van der Waals surface area contributed by atoms with Crippen molar-refractivity contribution in [1.29, 1.82) is 0 Å². The first-order valence-electron chi connectivity index (χ1n) is 6.03. The molecule has 2 N–H and O–H groups in total. The summed E-state index contributed by atoms with van der Waals surface area (Å²) < 4.78 is 0. The van der Waals surface area contributed by atoms with E-state index in [9.17, 15) is 0 Å². The highest BCUT2D eigenvalue weighted by molar-refractivity contribution is 4.81. The Hall–Kier alpha value is -0.120. The number of hydrogen-bond acceptors (Lipinski definition) is 3. The summed E-state index contributed by atoms with van der Waals surface area (Å²) in [7, 11) is 4.45. The highest BCUT2D eigenvalue weighted by Crippen LogP contribution is 2.19. The summed E-state index contributed by atoms with van der Waals surface area (Å²) >= 11 is 0. The van der Waals surface area contributed by atoms with Gasteiger partial charge in [-0.05, 0) is 45.4 Å². The molecule has 0 aromatic heterocycles. The molecule has 1 unspecified atom stereocenters. The van der Waals surface area contributed by atoms with Gasteiger partial charge in [-0.2, -0.15) is 0 Å². The molecule has 90 valence electrons. The lowest BCUT2D eigenvalue weighted by Gasteiger charge is -2.39. The zero-order valence-corrected chi connectivity index (χ0v) is 10.8. The van der Waals surface area contributed by atoms with Gasteiger partial charge in [0.25, 0.3) is 0 Å². The maximum absolute atomic E-state index is 5.77. The molecule has 0 aliphatic carbocycles. The predicted octanol–water partition coefficient (Wildman–Crippen LogP) is 0.997. The first kappa shape index (κ1) is 12.9. The van der Waals surface area contributed by atoms with Gasteiger partial charge in [-0.15, -0.1) is 0 Å². The number of nitrogens with two attached hydrogens (primary N) is 1. The van der Waals surface area contributed by atoms with Crippen LogP contribution in [0.3, 0.4) is 0 Å². The monoisotopic (exact) mass is 213 g/mol. The summed E-state index contributed by atoms with van der Waals surface area (Å²) in [6.45, 7) is 8.82. The molecule has 0 aromatic rings. The van der Waals surface area contributed by atoms with Gasteiger partial charge in [0.2, 0.25) is 0 Å². The Labute approximate surface area is 94.6 Å². The van der Waals surface area contributed by atoms with Crippen LogP contribution in [0.15, 0.2) is 0 Å². The number of hydrogen-bond donors (Lipinski definition) is 1. The normalized spacial score (nSPS) is 24.8. The molecule has 0 amide bonds. The second-order valence-corrected chi connectivity index (χ2v) is 5.84. The molecular weight excluding hydrogens is 186 g/mol. The third-order valence-electron chi connectivity index (χ3n) is 3.45. The molecule has 0 saturated carbocycles. The largest absolute Gasteiger partial charge is 0.330 e. The van der Waals surface area contributed by atoms with E-state index >= 15 is 0 Å². The average Bonchev–Trinajstić information content (AvgIpc) is 2.17. The van der Waals surface area contributed by atoms with Gasteiger partial charge in [0.1, 0.15) is 0 Å². The second-order valence-electron chi connectivity index (χ2n) is 5.84. The van der Waals surface area contributed by atoms with Gasteiger partial charge in [-0.25, -0.2) is 0 Å². The summed E-state index contributed by atoms with van der Waals surface area (Å²) in [5.74, 6) is 0. The summed E-state index contributed by atoms with van der Waals surface area (Å²) in [6, 6.07) is 0.717. The molecule has 15 heavy (non-hydrogen) atoms. The van der Waals surface area contributed by atoms with Crippen molar-refractivity contribution in [2.24, 2.45) is 11.1 Å². The van der Waals surface area contributed by atoms with Gasteiger partial charge >= 0.3 is 0 Å². The third kappa shape index (κ3) is 4.09. The van der Waals surface area contributed by atoms with Crippen LogP contribution < -0.4 is 5.73 Å². The van der Waals surface area contributed by atoms with Crippen LogP contribution in [0.5, 0.6) is 0 Å². The van der Waals surface area contributed by atoms with E-state index in [1.807, 2.05) is 0 Å². The summed E-state index contributed by atoms with van der Waals surface area (Å²) in [6.07, 6.45) is 2.66. The number of nitrogens with zero attached hydrogens (tertiary/aromatic N) is 2. The maximum atomic E-state index is 5.77. The van der Waals surface area contributed by atoms with Crippen LogP contribution in [-0.4, -0.2) is 56.1 Å². The van der Waals surface area contributed by atoms with E-state index in [2.05, 4.69) is 37.7 Å². The Kier molecular flexibility index (Phi) is 4.56. The minimum absolute atomic E-state index is 0.241. The molecule has 1 atom stereocenters. The van der Waals surface area contributed by atoms with Crippen molar-refractivity contribution in [3.05, 3.63) is 0 Å². The Balaban J connectivity index is 2.42. The lowest BCUT2D eigenvalue weighted by Crippen LogP contribution is -2.48. The third-order valence-corrected chi connectivity index (χ3v) is 3.45. The van der Waals surface area contributed by atoms with E-state index in [0.29, 0.717) is 0 Å². The van der Waals surface area contributed by atoms with Gasteiger partial charge in [0, 0.05) is 19.1 Å². The highest BCUT2D eigenvalue weighted by atomic mass is 15.2. The van der Waals surface area contributed by atoms with Crippen LogP contribution in [0.25, 0.3) is 0 Å². The summed E-state index contributed by atoms with van der Waals surface area (Å²) in [5, 5.41) is 0. The zero-order valence-electron chi connectivity index (χ0n) is 10.8. The van der Waals surface area contributed by atoms with Crippen LogP contribution in [-0.2, 0) is 0 Å². The van der Waals surface area contributed by atoms with Gasteiger partial charge in [-0.3, -0.25) is 0 Å². The summed E-state index contributed by atoms with van der Waals surface area (Å²) in [5.41, 5.74) is 6.02. The van der Waals surface area contributed by atoms with Gasteiger partial charge < -0.3 is 15.5 Å². The zero-order chi connectivity index (χ0) is 11.5.